The second-order valence-electron chi connectivity index (χ2n) is 17.6. The molecule has 0 aromatic heterocycles. The molecule has 4 fully saturated rings. The molecule has 9 heteroatoms. The number of rotatable bonds is 10. The van der Waals surface area contributed by atoms with Crippen molar-refractivity contribution in [1.82, 2.24) is 5.32 Å². The van der Waals surface area contributed by atoms with Crippen molar-refractivity contribution in [3.05, 3.63) is 22.9 Å². The van der Waals surface area contributed by atoms with Gasteiger partial charge in [-0.15, -0.1) is 0 Å². The van der Waals surface area contributed by atoms with Gasteiger partial charge < -0.3 is 31.1 Å². The number of aldehydes is 1. The summed E-state index contributed by atoms with van der Waals surface area (Å²) in [7, 11) is 0. The van der Waals surface area contributed by atoms with Gasteiger partial charge >= 0.3 is 11.9 Å². The third-order valence-electron chi connectivity index (χ3n) is 14.0. The lowest BCUT2D eigenvalue weighted by Crippen LogP contribution is -2.64. The van der Waals surface area contributed by atoms with Gasteiger partial charge in [-0.05, 0) is 118 Å². The number of carbonyl (C=O) groups excluding carboxylic acids is 3. The first-order valence-electron chi connectivity index (χ1n) is 18.1. The Morgan fingerprint density at radius 2 is 1.67 bits per heavy atom. The topological polar surface area (TPSA) is 160 Å². The molecule has 0 radical (unpaired) electrons. The lowest BCUT2D eigenvalue weighted by molar-refractivity contribution is -0.213. The fraction of sp³-hybridized carbons (Fsp3) is 0.769. The van der Waals surface area contributed by atoms with Crippen LogP contribution in [0.3, 0.4) is 0 Å². The molecule has 8 unspecified atom stereocenters. The van der Waals surface area contributed by atoms with Crippen LogP contribution in [-0.2, 0) is 23.9 Å². The first-order chi connectivity index (χ1) is 22.3. The Bertz CT molecular complexity index is 1380. The monoisotopic (exact) mass is 667 g/mol. The lowest BCUT2D eigenvalue weighted by atomic mass is 9.36. The highest BCUT2D eigenvalue weighted by Gasteiger charge is 2.66. The lowest BCUT2D eigenvalue weighted by Gasteiger charge is -2.69. The first-order valence-corrected chi connectivity index (χ1v) is 18.1. The predicted octanol–water partition coefficient (Wildman–Crippen LogP) is 6.99. The van der Waals surface area contributed by atoms with Gasteiger partial charge in [0.2, 0.25) is 0 Å². The summed E-state index contributed by atoms with van der Waals surface area (Å²) in [6.45, 7) is 19.1. The van der Waals surface area contributed by atoms with E-state index in [4.69, 9.17) is 15.9 Å². The van der Waals surface area contributed by atoms with Crippen LogP contribution in [0.1, 0.15) is 127 Å². The van der Waals surface area contributed by atoms with Crippen LogP contribution in [0, 0.1) is 56.7 Å². The fourth-order valence-corrected chi connectivity index (χ4v) is 11.3. The highest BCUT2D eigenvalue weighted by atomic mass is 16.5. The number of carboxylic acid groups (broad SMARTS) is 1. The summed E-state index contributed by atoms with van der Waals surface area (Å²) in [5, 5.41) is 20.5. The summed E-state index contributed by atoms with van der Waals surface area (Å²) in [6.07, 6.45) is 10.2. The van der Waals surface area contributed by atoms with Crippen molar-refractivity contribution in [2.45, 2.75) is 138 Å². The average molecular weight is 668 g/mol. The molecule has 1 amide bonds. The number of nitrogens with two attached hydrogens (primary N) is 1. The van der Waals surface area contributed by atoms with Gasteiger partial charge in [-0.2, -0.15) is 0 Å². The fourth-order valence-electron chi connectivity index (χ4n) is 11.3. The molecule has 4 aliphatic carbocycles. The standard InChI is InChI=1S/C39H61N3O6/c1-23(2)24(3)32-26-10-11-29-37(8,27(26)12-17-39(32,18-19-43)42-33(45)25(21-40)22-41)15-13-28-36(6,7)30(14-16-38(28,29)9)48-31(44)20-35(4,5)34(46)47/h19,21-23,26-30,40H,10-18,20,41H2,1-9H3,(H,42,45)(H,46,47)/b25-22+,32-24+,40-21?. The number of fused-ring (bicyclic) bond motifs is 5. The number of aliphatic carboxylic acids is 1. The predicted molar refractivity (Wildman–Crippen MR) is 187 cm³/mol. The molecular weight excluding hydrogens is 606 g/mol. The molecule has 4 saturated carbocycles. The number of ether oxygens (including phenoxy) is 1. The molecule has 0 aromatic rings. The molecule has 0 heterocycles. The smallest absolute Gasteiger partial charge is 0.309 e. The van der Waals surface area contributed by atoms with Crippen LogP contribution in [0.2, 0.25) is 0 Å². The second-order valence-corrected chi connectivity index (χ2v) is 17.6. The maximum atomic E-state index is 13.4. The number of hydrogen-bond acceptors (Lipinski definition) is 7. The second kappa shape index (κ2) is 13.4. The largest absolute Gasteiger partial charge is 0.481 e. The Hall–Kier alpha value is -2.97. The van der Waals surface area contributed by atoms with E-state index in [0.29, 0.717) is 24.2 Å². The number of carbonyl (C=O) groups is 4. The van der Waals surface area contributed by atoms with Gasteiger partial charge in [-0.1, -0.05) is 47.1 Å². The van der Waals surface area contributed by atoms with E-state index in [1.54, 1.807) is 13.8 Å². The van der Waals surface area contributed by atoms with Gasteiger partial charge in [0, 0.05) is 24.3 Å². The Balaban J connectivity index is 1.66. The van der Waals surface area contributed by atoms with E-state index >= 15 is 0 Å². The zero-order chi connectivity index (χ0) is 36.0. The summed E-state index contributed by atoms with van der Waals surface area (Å²) >= 11 is 0. The molecule has 0 aromatic carbocycles. The molecule has 48 heavy (non-hydrogen) atoms. The van der Waals surface area contributed by atoms with Gasteiger partial charge in [-0.3, -0.25) is 14.4 Å². The SMILES string of the molecule is C/C(=C1/C2CCC3C(C)(CCC4C(C)(C)C(OC(=O)CC(C)(C)C(=O)O)CCC43C)C2CCC1(CC=O)NC(=O)/C(C=N)=C/N)C(C)C. The van der Waals surface area contributed by atoms with E-state index in [2.05, 4.69) is 53.8 Å². The Labute approximate surface area is 287 Å². The van der Waals surface area contributed by atoms with Crippen molar-refractivity contribution in [2.75, 3.05) is 0 Å². The molecule has 5 N–H and O–H groups in total. The Kier molecular flexibility index (Phi) is 10.6. The highest BCUT2D eigenvalue weighted by molar-refractivity contribution is 6.11. The maximum absolute atomic E-state index is 13.4. The van der Waals surface area contributed by atoms with Gasteiger partial charge in [0.15, 0.2) is 0 Å². The van der Waals surface area contributed by atoms with Crippen molar-refractivity contribution in [1.29, 1.82) is 5.41 Å². The third kappa shape index (κ3) is 6.28. The Morgan fingerprint density at radius 1 is 1.02 bits per heavy atom. The van der Waals surface area contributed by atoms with Crippen LogP contribution >= 0.6 is 0 Å². The van der Waals surface area contributed by atoms with Gasteiger partial charge in [0.1, 0.15) is 12.4 Å². The summed E-state index contributed by atoms with van der Waals surface area (Å²) in [5.74, 6) is -0.150. The van der Waals surface area contributed by atoms with Crippen LogP contribution in [0.5, 0.6) is 0 Å². The van der Waals surface area contributed by atoms with Crippen molar-refractivity contribution in [3.8, 4) is 0 Å². The number of allylic oxidation sites excluding steroid dienone is 1. The van der Waals surface area contributed by atoms with E-state index in [-0.39, 0.29) is 52.6 Å². The number of amides is 1. The van der Waals surface area contributed by atoms with E-state index in [1.807, 2.05) is 0 Å². The quantitative estimate of drug-likeness (QED) is 0.0642. The summed E-state index contributed by atoms with van der Waals surface area (Å²) < 4.78 is 6.11. The minimum absolute atomic E-state index is 0.0536. The van der Waals surface area contributed by atoms with Crippen LogP contribution in [0.4, 0.5) is 0 Å². The summed E-state index contributed by atoms with van der Waals surface area (Å²) in [4.78, 5) is 50.4. The van der Waals surface area contributed by atoms with Crippen molar-refractivity contribution >= 4 is 30.3 Å². The van der Waals surface area contributed by atoms with Crippen LogP contribution in [0.25, 0.3) is 0 Å². The van der Waals surface area contributed by atoms with Crippen molar-refractivity contribution in [2.24, 2.45) is 57.0 Å². The van der Waals surface area contributed by atoms with Gasteiger partial charge in [0.05, 0.1) is 22.9 Å². The molecule has 8 atom stereocenters. The minimum Gasteiger partial charge on any atom is -0.481 e. The van der Waals surface area contributed by atoms with Crippen LogP contribution in [-0.4, -0.2) is 47.1 Å². The number of carboxylic acids is 1. The number of esters is 1. The summed E-state index contributed by atoms with van der Waals surface area (Å²) in [6, 6.07) is 0. The molecule has 9 nitrogen and oxygen atoms in total. The molecule has 4 aliphatic rings. The number of hydrogen-bond donors (Lipinski definition) is 4. The molecular formula is C39H61N3O6. The first kappa shape index (κ1) is 37.8. The van der Waals surface area contributed by atoms with E-state index < -0.39 is 28.8 Å². The zero-order valence-electron chi connectivity index (χ0n) is 30.8. The summed E-state index contributed by atoms with van der Waals surface area (Å²) in [5.41, 5.74) is 6.10. The molecule has 0 bridgehead atoms. The molecule has 4 rings (SSSR count). The molecule has 0 spiro atoms. The normalized spacial score (nSPS) is 37.3. The Morgan fingerprint density at radius 3 is 2.23 bits per heavy atom. The number of nitrogens with one attached hydrogen (secondary N) is 2. The van der Waals surface area contributed by atoms with Crippen molar-refractivity contribution < 1.29 is 29.0 Å². The highest BCUT2D eigenvalue weighted by Crippen LogP contribution is 2.71. The van der Waals surface area contributed by atoms with Gasteiger partial charge in [0.25, 0.3) is 5.91 Å². The minimum atomic E-state index is -1.17. The van der Waals surface area contributed by atoms with Crippen LogP contribution in [0.15, 0.2) is 22.9 Å². The average Bonchev–Trinajstić information content (AvgIpc) is 2.98. The maximum Gasteiger partial charge on any atom is 0.309 e. The molecule has 0 saturated heterocycles. The van der Waals surface area contributed by atoms with Crippen LogP contribution < -0.4 is 11.1 Å². The van der Waals surface area contributed by atoms with E-state index in [9.17, 15) is 24.3 Å². The van der Waals surface area contributed by atoms with E-state index in [1.165, 1.54) is 11.1 Å². The third-order valence-corrected chi connectivity index (χ3v) is 14.0. The zero-order valence-corrected chi connectivity index (χ0v) is 30.8. The molecule has 0 aliphatic heterocycles. The van der Waals surface area contributed by atoms with Gasteiger partial charge in [-0.25, -0.2) is 0 Å². The molecule has 268 valence electrons. The van der Waals surface area contributed by atoms with E-state index in [0.717, 1.165) is 63.6 Å². The van der Waals surface area contributed by atoms with Crippen molar-refractivity contribution in [3.63, 3.8) is 0 Å².